The van der Waals surface area contributed by atoms with Crippen LogP contribution >= 0.6 is 8.58 Å². The second kappa shape index (κ2) is 15.3. The van der Waals surface area contributed by atoms with Crippen molar-refractivity contribution in [1.82, 2.24) is 0 Å². The largest absolute Gasteiger partial charge is 0.372 e. The van der Waals surface area contributed by atoms with E-state index in [0.29, 0.717) is 0 Å². The van der Waals surface area contributed by atoms with Crippen molar-refractivity contribution in [3.63, 3.8) is 0 Å². The van der Waals surface area contributed by atoms with Crippen LogP contribution < -0.4 is 20.4 Å². The average Bonchev–Trinajstić information content (AvgIpc) is 2.81. The summed E-state index contributed by atoms with van der Waals surface area (Å²) in [7, 11) is 0.723. The number of unbranched alkanes of at least 4 members (excludes halogenated alkanes) is 4. The van der Waals surface area contributed by atoms with Gasteiger partial charge in [0.15, 0.2) is 0 Å². The highest BCUT2D eigenvalue weighted by Gasteiger charge is 2.08. The summed E-state index contributed by atoms with van der Waals surface area (Å²) >= 11 is 0. The quantitative estimate of drug-likeness (QED) is 0.256. The van der Waals surface area contributed by atoms with Gasteiger partial charge in [0.2, 0.25) is 0 Å². The molecule has 2 aromatic rings. The smallest absolute Gasteiger partial charge is 0.0366 e. The number of benzene rings is 2. The summed E-state index contributed by atoms with van der Waals surface area (Å²) in [6.45, 7) is 13.8. The molecule has 0 N–H and O–H groups in total. The van der Waals surface area contributed by atoms with Crippen LogP contribution in [0.15, 0.2) is 48.5 Å². The lowest BCUT2D eigenvalue weighted by Crippen LogP contribution is -2.26. The van der Waals surface area contributed by atoms with E-state index in [2.05, 4.69) is 86.0 Å². The normalized spacial score (nSPS) is 11.0. The monoisotopic (exact) mass is 440 g/mol. The minimum absolute atomic E-state index is 0.723. The second-order valence-corrected chi connectivity index (χ2v) is 10.0. The number of nitrogens with zero attached hydrogens (tertiary/aromatic N) is 2. The molecule has 0 atom stereocenters. The van der Waals surface area contributed by atoms with Crippen molar-refractivity contribution in [3.05, 3.63) is 48.5 Å². The molecule has 0 fully saturated rings. The molecule has 0 unspecified atom stereocenters. The highest BCUT2D eigenvalue weighted by Crippen LogP contribution is 2.20. The molecule has 0 spiro atoms. The van der Waals surface area contributed by atoms with Crippen molar-refractivity contribution in [1.29, 1.82) is 0 Å². The van der Waals surface area contributed by atoms with Crippen molar-refractivity contribution >= 4 is 30.6 Å². The van der Waals surface area contributed by atoms with Gasteiger partial charge in [0.05, 0.1) is 0 Å². The molecule has 0 aliphatic heterocycles. The van der Waals surface area contributed by atoms with Crippen molar-refractivity contribution in [3.8, 4) is 0 Å². The van der Waals surface area contributed by atoms with Gasteiger partial charge >= 0.3 is 0 Å². The Bertz CT molecular complexity index is 618. The van der Waals surface area contributed by atoms with Gasteiger partial charge in [-0.15, -0.1) is 0 Å². The first kappa shape index (κ1) is 25.7. The minimum Gasteiger partial charge on any atom is -0.372 e. The predicted molar refractivity (Wildman–Crippen MR) is 145 cm³/mol. The van der Waals surface area contributed by atoms with E-state index < -0.39 is 0 Å². The maximum atomic E-state index is 2.57. The first-order valence-electron chi connectivity index (χ1n) is 12.7. The Balaban J connectivity index is 2.00. The Morgan fingerprint density at radius 3 is 1.03 bits per heavy atom. The van der Waals surface area contributed by atoms with E-state index >= 15 is 0 Å². The molecule has 0 aliphatic rings. The molecule has 0 saturated carbocycles. The van der Waals surface area contributed by atoms with Crippen molar-refractivity contribution < 1.29 is 0 Å². The van der Waals surface area contributed by atoms with Crippen molar-refractivity contribution in [2.24, 2.45) is 0 Å². The van der Waals surface area contributed by atoms with Gasteiger partial charge in [0, 0.05) is 37.6 Å². The van der Waals surface area contributed by atoms with E-state index in [9.17, 15) is 0 Å². The molecule has 2 rings (SSSR count). The van der Waals surface area contributed by atoms with Crippen LogP contribution in [0.5, 0.6) is 0 Å². The summed E-state index contributed by atoms with van der Waals surface area (Å²) in [4.78, 5) is 5.13. The highest BCUT2D eigenvalue weighted by atomic mass is 31.1. The molecule has 0 heterocycles. The third-order valence-corrected chi connectivity index (χ3v) is 7.12. The van der Waals surface area contributed by atoms with Gasteiger partial charge in [0.1, 0.15) is 0 Å². The van der Waals surface area contributed by atoms with Crippen LogP contribution in [0.3, 0.4) is 0 Å². The highest BCUT2D eigenvalue weighted by molar-refractivity contribution is 7.55. The average molecular weight is 441 g/mol. The van der Waals surface area contributed by atoms with Crippen LogP contribution in [0.4, 0.5) is 11.4 Å². The summed E-state index contributed by atoms with van der Waals surface area (Å²) < 4.78 is 0. The lowest BCUT2D eigenvalue weighted by atomic mass is 10.2. The summed E-state index contributed by atoms with van der Waals surface area (Å²) in [6.07, 6.45) is 10.1. The Hall–Kier alpha value is -1.53. The summed E-state index contributed by atoms with van der Waals surface area (Å²) in [5, 5.41) is 2.85. The molecule has 0 saturated heterocycles. The molecule has 172 valence electrons. The van der Waals surface area contributed by atoms with Crippen LogP contribution in [-0.4, -0.2) is 26.2 Å². The van der Waals surface area contributed by atoms with E-state index in [0.717, 1.165) is 8.58 Å². The van der Waals surface area contributed by atoms with Crippen LogP contribution in [-0.2, 0) is 0 Å². The summed E-state index contributed by atoms with van der Waals surface area (Å²) in [5.41, 5.74) is 2.77. The van der Waals surface area contributed by atoms with E-state index in [4.69, 9.17) is 0 Å². The maximum Gasteiger partial charge on any atom is 0.0366 e. The van der Waals surface area contributed by atoms with Crippen molar-refractivity contribution in [2.75, 3.05) is 36.0 Å². The van der Waals surface area contributed by atoms with E-state index in [1.165, 1.54) is 99.5 Å². The number of rotatable bonds is 16. The zero-order chi connectivity index (χ0) is 22.3. The molecule has 0 radical (unpaired) electrons. The topological polar surface area (TPSA) is 6.48 Å². The predicted octanol–water partition coefficient (Wildman–Crippen LogP) is 7.13. The van der Waals surface area contributed by atoms with Crippen LogP contribution in [0.2, 0.25) is 0 Å². The SMILES string of the molecule is CCCCN(CCCC)c1ccc(Pc2ccc(N(CCCC)CCCC)cc2)cc1. The van der Waals surface area contributed by atoms with Crippen LogP contribution in [0.1, 0.15) is 79.1 Å². The zero-order valence-corrected chi connectivity index (χ0v) is 21.5. The van der Waals surface area contributed by atoms with Crippen LogP contribution in [0, 0.1) is 0 Å². The van der Waals surface area contributed by atoms with Gasteiger partial charge < -0.3 is 9.80 Å². The zero-order valence-electron chi connectivity index (χ0n) is 20.5. The lowest BCUT2D eigenvalue weighted by Gasteiger charge is -2.25. The Morgan fingerprint density at radius 2 is 0.774 bits per heavy atom. The fraction of sp³-hybridized carbons (Fsp3) is 0.571. The Morgan fingerprint density at radius 1 is 0.484 bits per heavy atom. The number of hydrogen-bond acceptors (Lipinski definition) is 2. The molecule has 0 aromatic heterocycles. The van der Waals surface area contributed by atoms with Crippen LogP contribution in [0.25, 0.3) is 0 Å². The van der Waals surface area contributed by atoms with Crippen molar-refractivity contribution in [2.45, 2.75) is 79.1 Å². The van der Waals surface area contributed by atoms with E-state index in [-0.39, 0.29) is 0 Å². The molecular weight excluding hydrogens is 395 g/mol. The molecule has 0 amide bonds. The third-order valence-electron chi connectivity index (χ3n) is 5.88. The van der Waals surface area contributed by atoms with Gasteiger partial charge in [-0.1, -0.05) is 86.2 Å². The first-order valence-corrected chi connectivity index (χ1v) is 13.7. The Labute approximate surface area is 194 Å². The van der Waals surface area contributed by atoms with Gasteiger partial charge in [-0.05, 0) is 60.6 Å². The molecule has 0 bridgehead atoms. The van der Waals surface area contributed by atoms with E-state index in [1.54, 1.807) is 0 Å². The fourth-order valence-corrected chi connectivity index (χ4v) is 4.81. The second-order valence-electron chi connectivity index (χ2n) is 8.61. The summed E-state index contributed by atoms with van der Waals surface area (Å²) in [6, 6.07) is 18.7. The lowest BCUT2D eigenvalue weighted by molar-refractivity contribution is 0.678. The molecule has 2 nitrogen and oxygen atoms in total. The van der Waals surface area contributed by atoms with E-state index in [1.807, 2.05) is 0 Å². The maximum absolute atomic E-state index is 2.57. The Kier molecular flexibility index (Phi) is 12.7. The standard InChI is InChI=1S/C28H45N2P/c1-5-9-21-29(22-10-6-2)25-13-17-27(18-14-25)31-28-19-15-26(16-20-28)30(23-11-7-3)24-12-8-4/h13-20,31H,5-12,21-24H2,1-4H3. The number of anilines is 2. The molecule has 0 aliphatic carbocycles. The molecule has 2 aromatic carbocycles. The third kappa shape index (κ3) is 9.24. The fourth-order valence-electron chi connectivity index (χ4n) is 3.81. The van der Waals surface area contributed by atoms with Gasteiger partial charge in [-0.3, -0.25) is 0 Å². The molecular formula is C28H45N2P. The number of hydrogen-bond donors (Lipinski definition) is 0. The van der Waals surface area contributed by atoms with Gasteiger partial charge in [0.25, 0.3) is 0 Å². The first-order chi connectivity index (χ1) is 15.2. The molecule has 3 heteroatoms. The van der Waals surface area contributed by atoms with Gasteiger partial charge in [-0.2, -0.15) is 0 Å². The minimum atomic E-state index is 0.723. The molecule has 31 heavy (non-hydrogen) atoms. The van der Waals surface area contributed by atoms with Gasteiger partial charge in [-0.25, -0.2) is 0 Å². The summed E-state index contributed by atoms with van der Waals surface area (Å²) in [5.74, 6) is 0.